The van der Waals surface area contributed by atoms with E-state index >= 15 is 0 Å². The molecule has 0 N–H and O–H groups in total. The number of hydrogen-bond acceptors (Lipinski definition) is 4. The van der Waals surface area contributed by atoms with Crippen LogP contribution in [0.3, 0.4) is 0 Å². The van der Waals surface area contributed by atoms with Crippen molar-refractivity contribution < 1.29 is 4.42 Å². The number of fused-ring (bicyclic) bond motifs is 5. The minimum absolute atomic E-state index is 0.582. The van der Waals surface area contributed by atoms with E-state index in [4.69, 9.17) is 19.4 Å². The molecule has 0 aliphatic heterocycles. The van der Waals surface area contributed by atoms with Gasteiger partial charge in [0.25, 0.3) is 0 Å². The molecule has 0 aliphatic carbocycles. The van der Waals surface area contributed by atoms with Gasteiger partial charge in [-0.15, -0.1) is 0 Å². The molecule has 2 heterocycles. The lowest BCUT2D eigenvalue weighted by Gasteiger charge is -2.11. The molecule has 0 spiro atoms. The highest BCUT2D eigenvalue weighted by Gasteiger charge is 2.20. The zero-order valence-electron chi connectivity index (χ0n) is 34.1. The molecule has 4 heteroatoms. The summed E-state index contributed by atoms with van der Waals surface area (Å²) in [5, 5.41) is 6.88. The Kier molecular flexibility index (Phi) is 8.79. The number of furan rings is 1. The third-order valence-corrected chi connectivity index (χ3v) is 12.2. The van der Waals surface area contributed by atoms with E-state index in [9.17, 15) is 0 Å². The summed E-state index contributed by atoms with van der Waals surface area (Å²) in [5.74, 6) is 1.78. The van der Waals surface area contributed by atoms with Crippen molar-refractivity contribution in [3.8, 4) is 78.7 Å². The van der Waals surface area contributed by atoms with Crippen molar-refractivity contribution in [1.29, 1.82) is 0 Å². The van der Waals surface area contributed by atoms with Crippen LogP contribution in [0.2, 0.25) is 0 Å². The number of para-hydroxylation sites is 1. The molecule has 12 aromatic rings. The van der Waals surface area contributed by atoms with Crippen molar-refractivity contribution in [3.05, 3.63) is 224 Å². The Morgan fingerprint density at radius 2 is 0.651 bits per heavy atom. The van der Waals surface area contributed by atoms with Gasteiger partial charge in [-0.2, -0.15) is 0 Å². The third-order valence-electron chi connectivity index (χ3n) is 12.2. The van der Waals surface area contributed by atoms with E-state index in [2.05, 4.69) is 206 Å². The largest absolute Gasteiger partial charge is 0.455 e. The van der Waals surface area contributed by atoms with Gasteiger partial charge in [-0.1, -0.05) is 218 Å². The molecular formula is C59H37N3O. The first kappa shape index (κ1) is 36.4. The lowest BCUT2D eigenvalue weighted by Crippen LogP contribution is -2.00. The summed E-state index contributed by atoms with van der Waals surface area (Å²) in [4.78, 5) is 15.6. The summed E-state index contributed by atoms with van der Waals surface area (Å²) in [6.45, 7) is 0. The van der Waals surface area contributed by atoms with Gasteiger partial charge in [0.2, 0.25) is 0 Å². The zero-order valence-corrected chi connectivity index (χ0v) is 34.1. The van der Waals surface area contributed by atoms with E-state index in [1.54, 1.807) is 0 Å². The van der Waals surface area contributed by atoms with Gasteiger partial charge in [0.15, 0.2) is 17.5 Å². The minimum atomic E-state index is 0.582. The molecule has 4 nitrogen and oxygen atoms in total. The fraction of sp³-hybridized carbons (Fsp3) is 0. The third kappa shape index (κ3) is 6.53. The van der Waals surface area contributed by atoms with E-state index in [0.717, 1.165) is 66.4 Å². The van der Waals surface area contributed by atoms with E-state index in [0.29, 0.717) is 17.5 Å². The molecule has 0 fully saturated rings. The highest BCUT2D eigenvalue weighted by molar-refractivity contribution is 6.15. The van der Waals surface area contributed by atoms with Crippen molar-refractivity contribution >= 4 is 43.5 Å². The van der Waals surface area contributed by atoms with Crippen LogP contribution in [-0.2, 0) is 0 Å². The average molecular weight is 804 g/mol. The van der Waals surface area contributed by atoms with Gasteiger partial charge >= 0.3 is 0 Å². The Bertz CT molecular complexity index is 3640. The second-order valence-electron chi connectivity index (χ2n) is 15.9. The quantitative estimate of drug-likeness (QED) is 0.161. The first-order valence-electron chi connectivity index (χ1n) is 21.3. The Morgan fingerprint density at radius 3 is 1.25 bits per heavy atom. The molecular weight excluding hydrogens is 767 g/mol. The number of hydrogen-bond donors (Lipinski definition) is 0. The van der Waals surface area contributed by atoms with Gasteiger partial charge in [0.1, 0.15) is 11.2 Å². The Hall–Kier alpha value is -8.47. The van der Waals surface area contributed by atoms with Crippen molar-refractivity contribution in [2.75, 3.05) is 0 Å². The van der Waals surface area contributed by atoms with Crippen LogP contribution in [0, 0.1) is 0 Å². The maximum atomic E-state index is 6.77. The fourth-order valence-corrected chi connectivity index (χ4v) is 9.04. The summed E-state index contributed by atoms with van der Waals surface area (Å²) in [6.07, 6.45) is 0. The second-order valence-corrected chi connectivity index (χ2v) is 15.9. The lowest BCUT2D eigenvalue weighted by atomic mass is 9.95. The van der Waals surface area contributed by atoms with Crippen LogP contribution in [0.25, 0.3) is 122 Å². The van der Waals surface area contributed by atoms with Crippen LogP contribution in [-0.4, -0.2) is 15.0 Å². The van der Waals surface area contributed by atoms with Gasteiger partial charge in [0, 0.05) is 33.0 Å². The zero-order chi connectivity index (χ0) is 41.7. The molecule has 0 saturated heterocycles. The summed E-state index contributed by atoms with van der Waals surface area (Å²) in [6, 6.07) is 78.7. The maximum absolute atomic E-state index is 6.77. The molecule has 294 valence electrons. The van der Waals surface area contributed by atoms with Gasteiger partial charge in [0.05, 0.1) is 0 Å². The molecule has 0 bridgehead atoms. The smallest absolute Gasteiger partial charge is 0.164 e. The first-order chi connectivity index (χ1) is 31.2. The molecule has 0 aliphatic rings. The first-order valence-corrected chi connectivity index (χ1v) is 21.3. The van der Waals surface area contributed by atoms with Crippen molar-refractivity contribution in [3.63, 3.8) is 0 Å². The number of benzene rings is 10. The number of aromatic nitrogens is 3. The van der Waals surface area contributed by atoms with E-state index < -0.39 is 0 Å². The monoisotopic (exact) mass is 803 g/mol. The van der Waals surface area contributed by atoms with Gasteiger partial charge in [-0.25, -0.2) is 15.0 Å². The molecule has 0 saturated carbocycles. The molecule has 10 aromatic carbocycles. The molecule has 63 heavy (non-hydrogen) atoms. The van der Waals surface area contributed by atoms with E-state index in [1.165, 1.54) is 38.2 Å². The molecule has 0 atom stereocenters. The minimum Gasteiger partial charge on any atom is -0.455 e. The summed E-state index contributed by atoms with van der Waals surface area (Å²) < 4.78 is 6.77. The Labute approximate surface area is 364 Å². The molecule has 0 amide bonds. The Morgan fingerprint density at radius 1 is 0.254 bits per heavy atom. The highest BCUT2D eigenvalue weighted by Crippen LogP contribution is 2.41. The van der Waals surface area contributed by atoms with Gasteiger partial charge < -0.3 is 4.42 Å². The Balaban J connectivity index is 0.975. The van der Waals surface area contributed by atoms with Crippen molar-refractivity contribution in [2.24, 2.45) is 0 Å². The summed E-state index contributed by atoms with van der Waals surface area (Å²) in [7, 11) is 0. The molecule has 0 unspecified atom stereocenters. The van der Waals surface area contributed by atoms with Crippen LogP contribution in [0.1, 0.15) is 0 Å². The molecule has 2 aromatic heterocycles. The van der Waals surface area contributed by atoms with Crippen LogP contribution in [0.15, 0.2) is 229 Å². The van der Waals surface area contributed by atoms with E-state index in [1.807, 2.05) is 18.2 Å². The maximum Gasteiger partial charge on any atom is 0.164 e. The predicted octanol–water partition coefficient (Wildman–Crippen LogP) is 15.7. The SMILES string of the molecule is c1ccc(-c2ccc(-c3nc(-c4ccc(-c5cccc6ccccc56)cc4)nc(-c4cccc5oc6c(-c7ccc(-c8cccc9ccccc89)cc7)cccc6c45)n3)cc2)cc1. The lowest BCUT2D eigenvalue weighted by molar-refractivity contribution is 0.670. The second kappa shape index (κ2) is 15.2. The van der Waals surface area contributed by atoms with Gasteiger partial charge in [-0.05, 0) is 66.6 Å². The average Bonchev–Trinajstić information content (AvgIpc) is 3.76. The normalized spacial score (nSPS) is 11.5. The van der Waals surface area contributed by atoms with Crippen molar-refractivity contribution in [2.45, 2.75) is 0 Å². The summed E-state index contributed by atoms with van der Waals surface area (Å²) in [5.41, 5.74) is 13.4. The summed E-state index contributed by atoms with van der Waals surface area (Å²) >= 11 is 0. The van der Waals surface area contributed by atoms with E-state index in [-0.39, 0.29) is 0 Å². The van der Waals surface area contributed by atoms with Crippen LogP contribution < -0.4 is 0 Å². The molecule has 0 radical (unpaired) electrons. The number of nitrogens with zero attached hydrogens (tertiary/aromatic N) is 3. The van der Waals surface area contributed by atoms with Crippen LogP contribution >= 0.6 is 0 Å². The standard InChI is InChI=1S/C59H37N3O/c1-2-12-38(13-3-1)39-26-34-45(35-27-39)57-60-58(46-36-32-43(33-37-46)50-21-9-17-41-15-5-7-19-48(41)50)62-59(61-57)53-24-11-25-54-55(53)52-23-10-22-51(56(52)63-54)44-30-28-42(29-31-44)49-20-8-16-40-14-4-6-18-47(40)49/h1-37H. The predicted molar refractivity (Wildman–Crippen MR) is 260 cm³/mol. The van der Waals surface area contributed by atoms with Crippen molar-refractivity contribution in [1.82, 2.24) is 15.0 Å². The topological polar surface area (TPSA) is 51.8 Å². The van der Waals surface area contributed by atoms with Crippen LogP contribution in [0.4, 0.5) is 0 Å². The number of rotatable bonds is 7. The fourth-order valence-electron chi connectivity index (χ4n) is 9.04. The van der Waals surface area contributed by atoms with Gasteiger partial charge in [-0.3, -0.25) is 0 Å². The highest BCUT2D eigenvalue weighted by atomic mass is 16.3. The molecule has 12 rings (SSSR count). The van der Waals surface area contributed by atoms with Crippen LogP contribution in [0.5, 0.6) is 0 Å².